The van der Waals surface area contributed by atoms with Crippen molar-refractivity contribution in [2.24, 2.45) is 0 Å². The third kappa shape index (κ3) is 3.59. The van der Waals surface area contributed by atoms with E-state index in [1.807, 2.05) is 37.3 Å². The second-order valence-electron chi connectivity index (χ2n) is 6.61. The molecule has 4 rings (SSSR count). The monoisotopic (exact) mass is 356 g/mol. The Bertz CT molecular complexity index is 750. The molecule has 26 heavy (non-hydrogen) atoms. The van der Waals surface area contributed by atoms with Gasteiger partial charge in [0.2, 0.25) is 0 Å². The maximum absolute atomic E-state index is 5.81. The van der Waals surface area contributed by atoms with Gasteiger partial charge in [0, 0.05) is 37.7 Å². The smallest absolute Gasteiger partial charge is 0.171 e. The van der Waals surface area contributed by atoms with Crippen LogP contribution in [0.5, 0.6) is 5.75 Å². The molecule has 1 N–H and O–H groups in total. The first-order chi connectivity index (χ1) is 12.7. The molecule has 7 heteroatoms. The van der Waals surface area contributed by atoms with Gasteiger partial charge < -0.3 is 24.4 Å². The molecule has 0 saturated carbocycles. The fourth-order valence-electron chi connectivity index (χ4n) is 3.46. The van der Waals surface area contributed by atoms with E-state index in [-0.39, 0.29) is 5.79 Å². The van der Waals surface area contributed by atoms with Gasteiger partial charge in [0.1, 0.15) is 23.2 Å². The largest absolute Gasteiger partial charge is 0.497 e. The lowest BCUT2D eigenvalue weighted by Crippen LogP contribution is -2.45. The molecule has 0 bridgehead atoms. The van der Waals surface area contributed by atoms with Gasteiger partial charge in [-0.05, 0) is 31.2 Å². The van der Waals surface area contributed by atoms with Crippen LogP contribution in [0.15, 0.2) is 30.3 Å². The van der Waals surface area contributed by atoms with Gasteiger partial charge in [0.05, 0.1) is 20.3 Å². The molecule has 2 aromatic rings. The summed E-state index contributed by atoms with van der Waals surface area (Å²) < 4.78 is 16.8. The van der Waals surface area contributed by atoms with Crippen LogP contribution in [0.3, 0.4) is 0 Å². The van der Waals surface area contributed by atoms with Crippen molar-refractivity contribution < 1.29 is 14.2 Å². The first-order valence-electron chi connectivity index (χ1n) is 8.95. The minimum Gasteiger partial charge on any atom is -0.497 e. The summed E-state index contributed by atoms with van der Waals surface area (Å²) in [6, 6.07) is 9.77. The average Bonchev–Trinajstić information content (AvgIpc) is 3.10. The Labute approximate surface area is 153 Å². The Hall–Kier alpha value is -2.38. The third-order valence-electron chi connectivity index (χ3n) is 4.85. The highest BCUT2D eigenvalue weighted by Crippen LogP contribution is 2.33. The molecule has 2 aliphatic rings. The SMILES string of the molecule is COc1ccc(Nc2cc(N3CCC4(CC3)OCCO4)nc(C)n2)cc1. The number of methoxy groups -OCH3 is 1. The van der Waals surface area contributed by atoms with Crippen molar-refractivity contribution in [2.75, 3.05) is 43.6 Å². The lowest BCUT2D eigenvalue weighted by atomic mass is 10.0. The van der Waals surface area contributed by atoms with Crippen LogP contribution in [0.25, 0.3) is 0 Å². The summed E-state index contributed by atoms with van der Waals surface area (Å²) in [7, 11) is 1.66. The van der Waals surface area contributed by atoms with Gasteiger partial charge in [-0.15, -0.1) is 0 Å². The molecule has 0 radical (unpaired) electrons. The van der Waals surface area contributed by atoms with Crippen molar-refractivity contribution in [3.05, 3.63) is 36.2 Å². The summed E-state index contributed by atoms with van der Waals surface area (Å²) in [4.78, 5) is 11.4. The first kappa shape index (κ1) is 17.1. The van der Waals surface area contributed by atoms with Crippen molar-refractivity contribution in [3.63, 3.8) is 0 Å². The number of piperidine rings is 1. The summed E-state index contributed by atoms with van der Waals surface area (Å²) >= 11 is 0. The number of aromatic nitrogens is 2. The number of benzene rings is 1. The van der Waals surface area contributed by atoms with E-state index in [1.165, 1.54) is 0 Å². The number of anilines is 3. The Kier molecular flexibility index (Phi) is 4.65. The van der Waals surface area contributed by atoms with Gasteiger partial charge in [-0.2, -0.15) is 0 Å². The highest BCUT2D eigenvalue weighted by atomic mass is 16.7. The molecule has 2 fully saturated rings. The van der Waals surface area contributed by atoms with E-state index in [0.29, 0.717) is 13.2 Å². The number of ether oxygens (including phenoxy) is 3. The molecule has 2 saturated heterocycles. The maximum Gasteiger partial charge on any atom is 0.171 e. The predicted molar refractivity (Wildman–Crippen MR) is 99.1 cm³/mol. The second kappa shape index (κ2) is 7.09. The van der Waals surface area contributed by atoms with Crippen LogP contribution in [0.4, 0.5) is 17.3 Å². The Balaban J connectivity index is 1.47. The van der Waals surface area contributed by atoms with Crippen molar-refractivity contribution in [3.8, 4) is 5.75 Å². The Morgan fingerprint density at radius 1 is 1.08 bits per heavy atom. The molecule has 3 heterocycles. The van der Waals surface area contributed by atoms with E-state index in [1.54, 1.807) is 7.11 Å². The topological polar surface area (TPSA) is 68.7 Å². The van der Waals surface area contributed by atoms with Gasteiger partial charge in [-0.3, -0.25) is 0 Å². The summed E-state index contributed by atoms with van der Waals surface area (Å²) in [5.41, 5.74) is 0.959. The van der Waals surface area contributed by atoms with Gasteiger partial charge in [-0.25, -0.2) is 9.97 Å². The van der Waals surface area contributed by atoms with Gasteiger partial charge in [0.15, 0.2) is 5.79 Å². The minimum atomic E-state index is -0.372. The first-order valence-corrected chi connectivity index (χ1v) is 8.95. The zero-order chi connectivity index (χ0) is 18.0. The number of nitrogens with one attached hydrogen (secondary N) is 1. The maximum atomic E-state index is 5.81. The van der Waals surface area contributed by atoms with Crippen LogP contribution in [-0.4, -0.2) is 49.2 Å². The predicted octanol–water partition coefficient (Wildman–Crippen LogP) is 2.88. The number of aryl methyl sites for hydroxylation is 1. The standard InChI is InChI=1S/C19H24N4O3/c1-14-20-17(22-15-3-5-16(24-2)6-4-15)13-18(21-14)23-9-7-19(8-10-23)25-11-12-26-19/h3-6,13H,7-12H2,1-2H3,(H,20,21,22). The quantitative estimate of drug-likeness (QED) is 0.903. The van der Waals surface area contributed by atoms with Crippen LogP contribution < -0.4 is 15.0 Å². The Morgan fingerprint density at radius 3 is 2.42 bits per heavy atom. The minimum absolute atomic E-state index is 0.372. The van der Waals surface area contributed by atoms with Crippen molar-refractivity contribution in [1.82, 2.24) is 9.97 Å². The molecule has 1 spiro atoms. The number of nitrogens with zero attached hydrogens (tertiary/aromatic N) is 3. The van der Waals surface area contributed by atoms with Crippen LogP contribution >= 0.6 is 0 Å². The lowest BCUT2D eigenvalue weighted by Gasteiger charge is -2.38. The molecule has 0 atom stereocenters. The molecule has 7 nitrogen and oxygen atoms in total. The normalized spacial score (nSPS) is 18.9. The summed E-state index contributed by atoms with van der Waals surface area (Å²) in [6.45, 7) is 5.03. The molecular weight excluding hydrogens is 332 g/mol. The zero-order valence-electron chi connectivity index (χ0n) is 15.2. The molecule has 138 valence electrons. The van der Waals surface area contributed by atoms with Crippen LogP contribution in [0.1, 0.15) is 18.7 Å². The average molecular weight is 356 g/mol. The highest BCUT2D eigenvalue weighted by molar-refractivity contribution is 5.60. The zero-order valence-corrected chi connectivity index (χ0v) is 15.2. The molecule has 1 aromatic heterocycles. The lowest BCUT2D eigenvalue weighted by molar-refractivity contribution is -0.169. The molecule has 0 unspecified atom stereocenters. The van der Waals surface area contributed by atoms with E-state index in [0.717, 1.165) is 54.8 Å². The van der Waals surface area contributed by atoms with E-state index in [9.17, 15) is 0 Å². The van der Waals surface area contributed by atoms with E-state index in [2.05, 4.69) is 20.2 Å². The van der Waals surface area contributed by atoms with E-state index >= 15 is 0 Å². The van der Waals surface area contributed by atoms with Crippen LogP contribution in [0.2, 0.25) is 0 Å². The van der Waals surface area contributed by atoms with Crippen LogP contribution in [-0.2, 0) is 9.47 Å². The van der Waals surface area contributed by atoms with Gasteiger partial charge in [0.25, 0.3) is 0 Å². The third-order valence-corrected chi connectivity index (χ3v) is 4.85. The Morgan fingerprint density at radius 2 is 1.77 bits per heavy atom. The van der Waals surface area contributed by atoms with Crippen molar-refractivity contribution in [2.45, 2.75) is 25.6 Å². The highest BCUT2D eigenvalue weighted by Gasteiger charge is 2.40. The second-order valence-corrected chi connectivity index (χ2v) is 6.61. The molecule has 0 amide bonds. The molecule has 0 aliphatic carbocycles. The summed E-state index contributed by atoms with van der Waals surface area (Å²) in [5.74, 6) is 2.91. The fraction of sp³-hybridized carbons (Fsp3) is 0.474. The molecule has 1 aromatic carbocycles. The number of rotatable bonds is 4. The summed E-state index contributed by atoms with van der Waals surface area (Å²) in [6.07, 6.45) is 1.72. The van der Waals surface area contributed by atoms with Crippen LogP contribution in [0, 0.1) is 6.92 Å². The van der Waals surface area contributed by atoms with E-state index in [4.69, 9.17) is 14.2 Å². The van der Waals surface area contributed by atoms with E-state index < -0.39 is 0 Å². The number of hydrogen-bond donors (Lipinski definition) is 1. The van der Waals surface area contributed by atoms with Gasteiger partial charge >= 0.3 is 0 Å². The number of hydrogen-bond acceptors (Lipinski definition) is 7. The summed E-state index contributed by atoms with van der Waals surface area (Å²) in [5, 5.41) is 3.34. The van der Waals surface area contributed by atoms with Crippen molar-refractivity contribution in [1.29, 1.82) is 0 Å². The van der Waals surface area contributed by atoms with Gasteiger partial charge in [-0.1, -0.05) is 0 Å². The molecular formula is C19H24N4O3. The van der Waals surface area contributed by atoms with Crippen molar-refractivity contribution >= 4 is 17.3 Å². The molecule has 2 aliphatic heterocycles. The fourth-order valence-corrected chi connectivity index (χ4v) is 3.46.